The summed E-state index contributed by atoms with van der Waals surface area (Å²) in [6.07, 6.45) is 2.81. The van der Waals surface area contributed by atoms with Crippen LogP contribution in [-0.4, -0.2) is 33.1 Å². The maximum Gasteiger partial charge on any atom is 0.273 e. The van der Waals surface area contributed by atoms with Crippen molar-refractivity contribution in [2.75, 3.05) is 12.3 Å². The van der Waals surface area contributed by atoms with Crippen molar-refractivity contribution in [3.63, 3.8) is 0 Å². The highest BCUT2D eigenvalue weighted by Gasteiger charge is 2.26. The van der Waals surface area contributed by atoms with E-state index in [4.69, 9.17) is 5.73 Å². The van der Waals surface area contributed by atoms with Gasteiger partial charge in [0.15, 0.2) is 11.5 Å². The lowest BCUT2D eigenvalue weighted by atomic mass is 9.92. The number of carbonyl (C=O) groups excluding carboxylic acids is 1. The number of rotatable bonds is 4. The molecule has 1 aromatic rings. The fourth-order valence-corrected chi connectivity index (χ4v) is 1.07. The van der Waals surface area contributed by atoms with E-state index in [2.05, 4.69) is 15.3 Å². The van der Waals surface area contributed by atoms with Crippen molar-refractivity contribution in [2.45, 2.75) is 26.4 Å². The molecule has 6 nitrogen and oxygen atoms in total. The molecular formula is C11H18N4O2. The van der Waals surface area contributed by atoms with Crippen LogP contribution >= 0.6 is 0 Å². The highest BCUT2D eigenvalue weighted by molar-refractivity contribution is 5.96. The molecule has 0 aromatic carbocycles. The zero-order valence-electron chi connectivity index (χ0n) is 10.3. The zero-order valence-corrected chi connectivity index (χ0v) is 10.3. The van der Waals surface area contributed by atoms with E-state index in [0.717, 1.165) is 0 Å². The first-order valence-corrected chi connectivity index (χ1v) is 5.41. The molecule has 0 aliphatic rings. The maximum absolute atomic E-state index is 11.7. The second kappa shape index (κ2) is 5.09. The smallest absolute Gasteiger partial charge is 0.273 e. The Kier molecular flexibility index (Phi) is 4.01. The fraction of sp³-hybridized carbons (Fsp3) is 0.545. The Balaban J connectivity index is 2.66. The third-order valence-electron chi connectivity index (χ3n) is 2.79. The number of nitrogens with one attached hydrogen (secondary N) is 1. The summed E-state index contributed by atoms with van der Waals surface area (Å²) in [6.45, 7) is 5.56. The molecule has 0 spiro atoms. The Labute approximate surface area is 100 Å². The van der Waals surface area contributed by atoms with Crippen LogP contribution in [0.25, 0.3) is 0 Å². The fourth-order valence-electron chi connectivity index (χ4n) is 1.07. The first kappa shape index (κ1) is 13.4. The van der Waals surface area contributed by atoms with Gasteiger partial charge in [-0.15, -0.1) is 0 Å². The van der Waals surface area contributed by atoms with Gasteiger partial charge in [0.05, 0.1) is 5.60 Å². The van der Waals surface area contributed by atoms with Gasteiger partial charge in [-0.3, -0.25) is 4.79 Å². The van der Waals surface area contributed by atoms with Gasteiger partial charge in [-0.2, -0.15) is 0 Å². The molecule has 17 heavy (non-hydrogen) atoms. The van der Waals surface area contributed by atoms with Crippen molar-refractivity contribution < 1.29 is 9.90 Å². The van der Waals surface area contributed by atoms with E-state index in [0.29, 0.717) is 0 Å². The van der Waals surface area contributed by atoms with E-state index in [1.807, 2.05) is 13.8 Å². The van der Waals surface area contributed by atoms with Gasteiger partial charge in [-0.1, -0.05) is 13.8 Å². The second-order valence-corrected chi connectivity index (χ2v) is 4.48. The molecule has 0 saturated heterocycles. The third-order valence-corrected chi connectivity index (χ3v) is 2.79. The van der Waals surface area contributed by atoms with Gasteiger partial charge in [-0.05, 0) is 12.8 Å². The molecule has 0 saturated carbocycles. The van der Waals surface area contributed by atoms with Crippen molar-refractivity contribution in [3.8, 4) is 0 Å². The number of hydrogen-bond acceptors (Lipinski definition) is 5. The van der Waals surface area contributed by atoms with Crippen molar-refractivity contribution in [1.82, 2.24) is 15.3 Å². The predicted octanol–water partition coefficient (Wildman–Crippen LogP) is 0.196. The monoisotopic (exact) mass is 238 g/mol. The Morgan fingerprint density at radius 2 is 2.12 bits per heavy atom. The number of nitrogens with two attached hydrogens (primary N) is 1. The van der Waals surface area contributed by atoms with Gasteiger partial charge in [0, 0.05) is 18.9 Å². The zero-order chi connectivity index (χ0) is 13.1. The molecule has 1 heterocycles. The second-order valence-electron chi connectivity index (χ2n) is 4.48. The molecule has 6 heteroatoms. The van der Waals surface area contributed by atoms with Crippen LogP contribution in [0, 0.1) is 5.92 Å². The van der Waals surface area contributed by atoms with Crippen LogP contribution in [0.15, 0.2) is 12.4 Å². The van der Waals surface area contributed by atoms with E-state index in [9.17, 15) is 9.90 Å². The molecule has 1 unspecified atom stereocenters. The molecule has 94 valence electrons. The van der Waals surface area contributed by atoms with E-state index in [1.165, 1.54) is 12.4 Å². The van der Waals surface area contributed by atoms with Crippen LogP contribution in [-0.2, 0) is 0 Å². The minimum atomic E-state index is -0.966. The summed E-state index contributed by atoms with van der Waals surface area (Å²) in [4.78, 5) is 19.3. The predicted molar refractivity (Wildman–Crippen MR) is 64.2 cm³/mol. The van der Waals surface area contributed by atoms with E-state index < -0.39 is 11.5 Å². The van der Waals surface area contributed by atoms with Gasteiger partial charge in [0.1, 0.15) is 0 Å². The van der Waals surface area contributed by atoms with Crippen LogP contribution in [0.3, 0.4) is 0 Å². The lowest BCUT2D eigenvalue weighted by Crippen LogP contribution is -2.44. The minimum Gasteiger partial charge on any atom is -0.388 e. The van der Waals surface area contributed by atoms with Crippen LogP contribution in [0.5, 0.6) is 0 Å². The molecule has 4 N–H and O–H groups in total. The number of hydrogen-bond donors (Lipinski definition) is 3. The van der Waals surface area contributed by atoms with E-state index in [1.54, 1.807) is 6.92 Å². The number of amides is 1. The van der Waals surface area contributed by atoms with Crippen molar-refractivity contribution in [3.05, 3.63) is 18.1 Å². The molecule has 0 bridgehead atoms. The summed E-state index contributed by atoms with van der Waals surface area (Å²) < 4.78 is 0. The van der Waals surface area contributed by atoms with Crippen molar-refractivity contribution in [2.24, 2.45) is 5.92 Å². The normalized spacial score (nSPS) is 14.4. The van der Waals surface area contributed by atoms with Crippen LogP contribution in [0.1, 0.15) is 31.3 Å². The van der Waals surface area contributed by atoms with Crippen LogP contribution in [0.4, 0.5) is 5.82 Å². The summed E-state index contributed by atoms with van der Waals surface area (Å²) in [6, 6.07) is 0. The summed E-state index contributed by atoms with van der Waals surface area (Å²) >= 11 is 0. The molecule has 0 fully saturated rings. The molecule has 1 atom stereocenters. The lowest BCUT2D eigenvalue weighted by molar-refractivity contribution is 0.0142. The largest absolute Gasteiger partial charge is 0.388 e. The Morgan fingerprint density at radius 1 is 1.53 bits per heavy atom. The molecule has 0 radical (unpaired) electrons. The van der Waals surface area contributed by atoms with Crippen molar-refractivity contribution >= 4 is 11.7 Å². The Bertz CT molecular complexity index is 404. The van der Waals surface area contributed by atoms with Crippen molar-refractivity contribution in [1.29, 1.82) is 0 Å². The standard InChI is InChI=1S/C11H18N4O2/c1-7(2)11(3,17)6-15-10(16)8-9(12)14-5-4-13-8/h4-5,7,17H,6H2,1-3H3,(H2,12,14)(H,15,16). The number of aromatic nitrogens is 2. The quantitative estimate of drug-likeness (QED) is 0.695. The minimum absolute atomic E-state index is 0.0296. The average molecular weight is 238 g/mol. The van der Waals surface area contributed by atoms with Gasteiger partial charge >= 0.3 is 0 Å². The number of carbonyl (C=O) groups is 1. The molecule has 1 rings (SSSR count). The average Bonchev–Trinajstić information content (AvgIpc) is 2.26. The van der Waals surface area contributed by atoms with Gasteiger partial charge in [0.25, 0.3) is 5.91 Å². The topological polar surface area (TPSA) is 101 Å². The number of anilines is 1. The van der Waals surface area contributed by atoms with Crippen LogP contribution < -0.4 is 11.1 Å². The number of nitrogen functional groups attached to an aromatic ring is 1. The summed E-state index contributed by atoms with van der Waals surface area (Å²) in [5.74, 6) is -0.326. The molecule has 1 amide bonds. The highest BCUT2D eigenvalue weighted by atomic mass is 16.3. The Morgan fingerprint density at radius 3 is 2.65 bits per heavy atom. The first-order chi connectivity index (χ1) is 7.84. The molecule has 0 aliphatic heterocycles. The summed E-state index contributed by atoms with van der Waals surface area (Å²) in [5, 5.41) is 12.6. The lowest BCUT2D eigenvalue weighted by Gasteiger charge is -2.27. The van der Waals surface area contributed by atoms with E-state index >= 15 is 0 Å². The number of aliphatic hydroxyl groups is 1. The third kappa shape index (κ3) is 3.39. The van der Waals surface area contributed by atoms with Gasteiger partial charge < -0.3 is 16.2 Å². The molecular weight excluding hydrogens is 220 g/mol. The maximum atomic E-state index is 11.7. The summed E-state index contributed by atoms with van der Waals surface area (Å²) in [5.41, 5.74) is 4.63. The molecule has 0 aliphatic carbocycles. The SMILES string of the molecule is CC(C)C(C)(O)CNC(=O)c1nccnc1N. The number of nitrogens with zero attached hydrogens (tertiary/aromatic N) is 2. The van der Waals surface area contributed by atoms with Crippen LogP contribution in [0.2, 0.25) is 0 Å². The first-order valence-electron chi connectivity index (χ1n) is 5.41. The molecule has 1 aromatic heterocycles. The van der Waals surface area contributed by atoms with Gasteiger partial charge in [-0.25, -0.2) is 9.97 Å². The Hall–Kier alpha value is -1.69. The highest BCUT2D eigenvalue weighted by Crippen LogP contribution is 2.14. The van der Waals surface area contributed by atoms with Gasteiger partial charge in [0.2, 0.25) is 0 Å². The van der Waals surface area contributed by atoms with E-state index in [-0.39, 0.29) is 24.0 Å². The summed E-state index contributed by atoms with van der Waals surface area (Å²) in [7, 11) is 0.